The fraction of sp³-hybridized carbons (Fsp3) is 0.571. The van der Waals surface area contributed by atoms with Crippen LogP contribution < -0.4 is 5.32 Å². The second-order valence-electron chi connectivity index (χ2n) is 5.42. The molecule has 0 fully saturated rings. The molecule has 16 heavy (non-hydrogen) atoms. The Labute approximate surface area is 98.7 Å². The van der Waals surface area contributed by atoms with Gasteiger partial charge in [0.1, 0.15) is 0 Å². The summed E-state index contributed by atoms with van der Waals surface area (Å²) >= 11 is 0. The second-order valence-corrected chi connectivity index (χ2v) is 5.42. The molecule has 0 amide bonds. The number of para-hydroxylation sites is 1. The maximum absolute atomic E-state index is 9.21. The number of benzene rings is 1. The van der Waals surface area contributed by atoms with E-state index in [1.54, 1.807) is 0 Å². The molecule has 0 heterocycles. The normalized spacial score (nSPS) is 11.9. The molecule has 0 aromatic heterocycles. The van der Waals surface area contributed by atoms with Crippen molar-refractivity contribution in [1.29, 1.82) is 0 Å². The molecule has 0 aliphatic heterocycles. The van der Waals surface area contributed by atoms with Crippen LogP contribution in [-0.4, -0.2) is 18.3 Å². The van der Waals surface area contributed by atoms with Crippen LogP contribution in [0.3, 0.4) is 0 Å². The average molecular weight is 221 g/mol. The van der Waals surface area contributed by atoms with E-state index in [0.717, 1.165) is 6.54 Å². The van der Waals surface area contributed by atoms with Crippen molar-refractivity contribution in [2.45, 2.75) is 33.6 Å². The smallest absolute Gasteiger partial charge is 0.0498 e. The summed E-state index contributed by atoms with van der Waals surface area (Å²) in [6, 6.07) is 8.36. The molecule has 0 radical (unpaired) electrons. The highest BCUT2D eigenvalue weighted by molar-refractivity contribution is 5.52. The fourth-order valence-electron chi connectivity index (χ4n) is 1.55. The molecule has 0 spiro atoms. The first-order valence-electron chi connectivity index (χ1n) is 5.90. The molecule has 90 valence electrons. The van der Waals surface area contributed by atoms with Gasteiger partial charge in [-0.1, -0.05) is 45.9 Å². The molecule has 0 atom stereocenters. The first-order chi connectivity index (χ1) is 7.46. The van der Waals surface area contributed by atoms with Crippen LogP contribution in [0.5, 0.6) is 0 Å². The molecule has 0 saturated carbocycles. The van der Waals surface area contributed by atoms with Gasteiger partial charge in [-0.25, -0.2) is 0 Å². The Kier molecular flexibility index (Phi) is 4.36. The number of aliphatic hydroxyl groups is 1. The van der Waals surface area contributed by atoms with Crippen molar-refractivity contribution in [3.63, 3.8) is 0 Å². The monoisotopic (exact) mass is 221 g/mol. The summed E-state index contributed by atoms with van der Waals surface area (Å²) in [6.07, 6.45) is 0. The zero-order valence-corrected chi connectivity index (χ0v) is 10.7. The van der Waals surface area contributed by atoms with Gasteiger partial charge in [-0.15, -0.1) is 0 Å². The lowest BCUT2D eigenvalue weighted by atomic mass is 9.94. The van der Waals surface area contributed by atoms with E-state index in [0.29, 0.717) is 5.92 Å². The average Bonchev–Trinajstić information content (AvgIpc) is 2.27. The zero-order chi connectivity index (χ0) is 12.2. The third kappa shape index (κ3) is 3.53. The molecule has 0 aliphatic carbocycles. The number of rotatable bonds is 5. The third-order valence-corrected chi connectivity index (χ3v) is 2.77. The Balaban J connectivity index is 2.74. The number of hydrogen-bond donors (Lipinski definition) is 2. The highest BCUT2D eigenvalue weighted by Gasteiger charge is 2.16. The highest BCUT2D eigenvalue weighted by Crippen LogP contribution is 2.25. The van der Waals surface area contributed by atoms with E-state index in [1.165, 1.54) is 11.3 Å². The molecular formula is C14H23NO. The van der Waals surface area contributed by atoms with Gasteiger partial charge in [0.2, 0.25) is 0 Å². The summed E-state index contributed by atoms with van der Waals surface area (Å²) in [5.41, 5.74) is 2.43. The van der Waals surface area contributed by atoms with Crippen molar-refractivity contribution in [3.8, 4) is 0 Å². The van der Waals surface area contributed by atoms with Crippen molar-refractivity contribution in [1.82, 2.24) is 0 Å². The predicted octanol–water partition coefficient (Wildman–Crippen LogP) is 3.24. The van der Waals surface area contributed by atoms with E-state index in [4.69, 9.17) is 0 Å². The maximum Gasteiger partial charge on any atom is 0.0498 e. The molecule has 2 heteroatoms. The topological polar surface area (TPSA) is 32.3 Å². The lowest BCUT2D eigenvalue weighted by Crippen LogP contribution is -2.27. The van der Waals surface area contributed by atoms with Crippen LogP contribution in [0, 0.1) is 5.41 Å². The highest BCUT2D eigenvalue weighted by atomic mass is 16.3. The molecule has 1 aromatic rings. The minimum absolute atomic E-state index is 0.0793. The van der Waals surface area contributed by atoms with Crippen molar-refractivity contribution in [3.05, 3.63) is 29.8 Å². The minimum atomic E-state index is -0.0793. The molecular weight excluding hydrogens is 198 g/mol. The fourth-order valence-corrected chi connectivity index (χ4v) is 1.55. The predicted molar refractivity (Wildman–Crippen MR) is 69.9 cm³/mol. The first kappa shape index (κ1) is 13.0. The van der Waals surface area contributed by atoms with Crippen LogP contribution in [0.25, 0.3) is 0 Å². The maximum atomic E-state index is 9.21. The van der Waals surface area contributed by atoms with Crippen LogP contribution in [0.1, 0.15) is 39.2 Å². The Morgan fingerprint density at radius 3 is 2.44 bits per heavy atom. The van der Waals surface area contributed by atoms with Gasteiger partial charge in [0.15, 0.2) is 0 Å². The molecule has 0 bridgehead atoms. The summed E-state index contributed by atoms with van der Waals surface area (Å²) in [7, 11) is 0. The van der Waals surface area contributed by atoms with Crippen LogP contribution in [0.4, 0.5) is 5.69 Å². The van der Waals surface area contributed by atoms with Crippen molar-refractivity contribution >= 4 is 5.69 Å². The van der Waals surface area contributed by atoms with Gasteiger partial charge in [-0.3, -0.25) is 0 Å². The van der Waals surface area contributed by atoms with E-state index in [1.807, 2.05) is 6.07 Å². The standard InChI is InChI=1S/C14H23NO/c1-11(2)12-7-5-6-8-13(12)15-9-14(3,4)10-16/h5-8,11,15-16H,9-10H2,1-4H3. The minimum Gasteiger partial charge on any atom is -0.396 e. The lowest BCUT2D eigenvalue weighted by molar-refractivity contribution is 0.171. The van der Waals surface area contributed by atoms with Crippen LogP contribution in [-0.2, 0) is 0 Å². The van der Waals surface area contributed by atoms with Gasteiger partial charge in [0.25, 0.3) is 0 Å². The summed E-state index contributed by atoms with van der Waals surface area (Å²) in [4.78, 5) is 0. The molecule has 0 saturated heterocycles. The number of anilines is 1. The summed E-state index contributed by atoms with van der Waals surface area (Å²) in [5, 5.41) is 12.6. The molecule has 0 aliphatic rings. The van der Waals surface area contributed by atoms with Gasteiger partial charge >= 0.3 is 0 Å². The SMILES string of the molecule is CC(C)c1ccccc1NCC(C)(C)CO. The summed E-state index contributed by atoms with van der Waals surface area (Å²) < 4.78 is 0. The summed E-state index contributed by atoms with van der Waals surface area (Å²) in [6.45, 7) is 9.47. The third-order valence-electron chi connectivity index (χ3n) is 2.77. The molecule has 1 aromatic carbocycles. The Morgan fingerprint density at radius 1 is 1.25 bits per heavy atom. The Hall–Kier alpha value is -1.02. The van der Waals surface area contributed by atoms with Crippen LogP contribution in [0.2, 0.25) is 0 Å². The Bertz CT molecular complexity index is 331. The number of hydrogen-bond acceptors (Lipinski definition) is 2. The lowest BCUT2D eigenvalue weighted by Gasteiger charge is -2.24. The number of aliphatic hydroxyl groups excluding tert-OH is 1. The van der Waals surface area contributed by atoms with E-state index in [9.17, 15) is 5.11 Å². The van der Waals surface area contributed by atoms with Gasteiger partial charge in [0, 0.05) is 24.3 Å². The summed E-state index contributed by atoms with van der Waals surface area (Å²) in [5.74, 6) is 0.515. The quantitative estimate of drug-likeness (QED) is 0.800. The van der Waals surface area contributed by atoms with E-state index < -0.39 is 0 Å². The van der Waals surface area contributed by atoms with Gasteiger partial charge in [0.05, 0.1) is 0 Å². The van der Waals surface area contributed by atoms with Crippen LogP contribution in [0.15, 0.2) is 24.3 Å². The molecule has 0 unspecified atom stereocenters. The largest absolute Gasteiger partial charge is 0.396 e. The first-order valence-corrected chi connectivity index (χ1v) is 5.90. The van der Waals surface area contributed by atoms with Gasteiger partial charge in [-0.2, -0.15) is 0 Å². The molecule has 2 nitrogen and oxygen atoms in total. The van der Waals surface area contributed by atoms with E-state index in [-0.39, 0.29) is 12.0 Å². The Morgan fingerprint density at radius 2 is 1.88 bits per heavy atom. The second kappa shape index (κ2) is 5.35. The van der Waals surface area contributed by atoms with Crippen LogP contribution >= 0.6 is 0 Å². The molecule has 2 N–H and O–H groups in total. The molecule has 1 rings (SSSR count). The van der Waals surface area contributed by atoms with Gasteiger partial charge < -0.3 is 10.4 Å². The van der Waals surface area contributed by atoms with E-state index >= 15 is 0 Å². The number of nitrogens with one attached hydrogen (secondary N) is 1. The van der Waals surface area contributed by atoms with Crippen molar-refractivity contribution in [2.24, 2.45) is 5.41 Å². The van der Waals surface area contributed by atoms with Crippen molar-refractivity contribution in [2.75, 3.05) is 18.5 Å². The van der Waals surface area contributed by atoms with Gasteiger partial charge in [-0.05, 0) is 17.5 Å². The zero-order valence-electron chi connectivity index (χ0n) is 10.7. The van der Waals surface area contributed by atoms with E-state index in [2.05, 4.69) is 51.2 Å². The van der Waals surface area contributed by atoms with Crippen molar-refractivity contribution < 1.29 is 5.11 Å².